The Morgan fingerprint density at radius 2 is 2.00 bits per heavy atom. The van der Waals surface area contributed by atoms with E-state index in [0.29, 0.717) is 15.7 Å². The summed E-state index contributed by atoms with van der Waals surface area (Å²) in [5, 5.41) is 7.51. The van der Waals surface area contributed by atoms with Gasteiger partial charge in [0.25, 0.3) is 14.2 Å². The third-order valence-corrected chi connectivity index (χ3v) is 4.69. The van der Waals surface area contributed by atoms with Crippen molar-refractivity contribution in [3.63, 3.8) is 0 Å². The van der Waals surface area contributed by atoms with Crippen molar-refractivity contribution in [1.29, 1.82) is 0 Å². The minimum atomic E-state index is -4.14. The molecular weight excluding hydrogens is 435 g/mol. The van der Waals surface area contributed by atoms with Crippen LogP contribution in [-0.2, 0) is 16.1 Å². The summed E-state index contributed by atoms with van der Waals surface area (Å²) in [6.07, 6.45) is 1.70. The van der Waals surface area contributed by atoms with Gasteiger partial charge >= 0.3 is 6.01 Å². The molecule has 0 bridgehead atoms. The maximum absolute atomic E-state index is 11.5. The van der Waals surface area contributed by atoms with E-state index in [0.717, 1.165) is 4.52 Å². The Balaban J connectivity index is 2.44. The zero-order valence-electron chi connectivity index (χ0n) is 11.5. The van der Waals surface area contributed by atoms with E-state index in [-0.39, 0.29) is 16.8 Å². The van der Waals surface area contributed by atoms with E-state index in [9.17, 15) is 8.42 Å². The van der Waals surface area contributed by atoms with Crippen molar-refractivity contribution < 1.29 is 13.2 Å². The van der Waals surface area contributed by atoms with E-state index in [4.69, 9.17) is 27.0 Å². The molecule has 0 saturated carbocycles. The molecule has 3 aromatic rings. The van der Waals surface area contributed by atoms with Crippen LogP contribution < -0.4 is 4.74 Å². The molecule has 9 nitrogen and oxygen atoms in total. The Morgan fingerprint density at radius 3 is 2.52 bits per heavy atom. The zero-order valence-corrected chi connectivity index (χ0v) is 15.4. The molecule has 0 fully saturated rings. The van der Waals surface area contributed by atoms with Gasteiger partial charge in [0, 0.05) is 23.9 Å². The second kappa shape index (κ2) is 5.58. The number of ether oxygens (including phenoxy) is 1. The number of methoxy groups -OCH3 is 1. The van der Waals surface area contributed by atoms with Crippen LogP contribution in [0.5, 0.6) is 6.01 Å². The third-order valence-electron chi connectivity index (χ3n) is 2.81. The topological polar surface area (TPSA) is 104 Å². The van der Waals surface area contributed by atoms with Crippen molar-refractivity contribution in [3.05, 3.63) is 15.8 Å². The van der Waals surface area contributed by atoms with Gasteiger partial charge in [-0.2, -0.15) is 19.6 Å². The molecule has 3 aromatic heterocycles. The minimum absolute atomic E-state index is 0.0275. The Bertz CT molecular complexity index is 1030. The average molecular weight is 442 g/mol. The molecule has 23 heavy (non-hydrogen) atoms. The van der Waals surface area contributed by atoms with Crippen LogP contribution in [0.3, 0.4) is 0 Å². The molecule has 0 amide bonds. The molecule has 0 aliphatic heterocycles. The Kier molecular flexibility index (Phi) is 3.99. The summed E-state index contributed by atoms with van der Waals surface area (Å²) < 4.78 is 31.3. The summed E-state index contributed by atoms with van der Waals surface area (Å²) in [4.78, 5) is 7.98. The second-order valence-electron chi connectivity index (χ2n) is 4.33. The number of hydrogen-bond acceptors (Lipinski definition) is 7. The van der Waals surface area contributed by atoms with Gasteiger partial charge in [-0.05, 0) is 15.9 Å². The summed E-state index contributed by atoms with van der Waals surface area (Å²) in [7, 11) is 4.22. The van der Waals surface area contributed by atoms with Crippen LogP contribution in [0.2, 0.25) is 5.15 Å². The van der Waals surface area contributed by atoms with Gasteiger partial charge in [0.15, 0.2) is 5.65 Å². The molecule has 0 aromatic carbocycles. The number of aryl methyl sites for hydroxylation is 1. The third kappa shape index (κ3) is 2.77. The van der Waals surface area contributed by atoms with Crippen molar-refractivity contribution >= 4 is 52.9 Å². The fourth-order valence-electron chi connectivity index (χ4n) is 1.94. The van der Waals surface area contributed by atoms with Gasteiger partial charge in [0.05, 0.1) is 17.1 Å². The number of nitrogens with zero attached hydrogens (tertiary/aromatic N) is 6. The summed E-state index contributed by atoms with van der Waals surface area (Å²) in [6.45, 7) is 0. The number of aromatic nitrogens is 6. The predicted molar refractivity (Wildman–Crippen MR) is 85.3 cm³/mol. The standard InChI is InChI=1S/C10H7BrCl2N6O3S/c1-18-3-4(11)6(16-18)5-7(12)14-10(22-2)19-8(5)15-9(17-19)23(13,20)21/h3H,1-2H3. The van der Waals surface area contributed by atoms with Gasteiger partial charge in [-0.1, -0.05) is 11.6 Å². The highest BCUT2D eigenvalue weighted by atomic mass is 79.9. The molecule has 0 unspecified atom stereocenters. The molecular formula is C10H7BrCl2N6O3S. The number of fused-ring (bicyclic) bond motifs is 1. The smallest absolute Gasteiger partial charge is 0.320 e. The average Bonchev–Trinajstić information content (AvgIpc) is 3.01. The first kappa shape index (κ1) is 16.4. The van der Waals surface area contributed by atoms with Crippen LogP contribution in [0, 0.1) is 0 Å². The van der Waals surface area contributed by atoms with Gasteiger partial charge in [-0.15, -0.1) is 5.10 Å². The van der Waals surface area contributed by atoms with E-state index >= 15 is 0 Å². The van der Waals surface area contributed by atoms with Crippen molar-refractivity contribution in [1.82, 2.24) is 29.4 Å². The van der Waals surface area contributed by atoms with Crippen molar-refractivity contribution in [3.8, 4) is 17.3 Å². The highest BCUT2D eigenvalue weighted by molar-refractivity contribution is 9.10. The molecule has 0 N–H and O–H groups in total. The SMILES string of the molecule is COc1nc(Cl)c(-c2nn(C)cc2Br)c2nc(S(=O)(=O)Cl)nn12. The lowest BCUT2D eigenvalue weighted by atomic mass is 10.2. The second-order valence-corrected chi connectivity index (χ2v) is 8.00. The van der Waals surface area contributed by atoms with Crippen LogP contribution in [-0.4, -0.2) is 44.9 Å². The summed E-state index contributed by atoms with van der Waals surface area (Å²) in [6, 6.07) is -0.0418. The molecule has 122 valence electrons. The zero-order chi connectivity index (χ0) is 16.9. The summed E-state index contributed by atoms with van der Waals surface area (Å²) in [5.41, 5.74) is 0.808. The lowest BCUT2D eigenvalue weighted by molar-refractivity contribution is 0.366. The maximum atomic E-state index is 11.5. The van der Waals surface area contributed by atoms with E-state index in [1.807, 2.05) is 0 Å². The minimum Gasteiger partial charge on any atom is -0.467 e. The normalized spacial score (nSPS) is 12.0. The molecule has 3 rings (SSSR count). The van der Waals surface area contributed by atoms with Crippen LogP contribution in [0.25, 0.3) is 16.9 Å². The monoisotopic (exact) mass is 440 g/mol. The molecule has 13 heteroatoms. The first-order chi connectivity index (χ1) is 10.7. The first-order valence-electron chi connectivity index (χ1n) is 5.87. The molecule has 0 spiro atoms. The highest BCUT2D eigenvalue weighted by Gasteiger charge is 2.26. The molecule has 0 aliphatic rings. The van der Waals surface area contributed by atoms with E-state index in [1.165, 1.54) is 7.11 Å². The lowest BCUT2D eigenvalue weighted by Crippen LogP contribution is -2.02. The maximum Gasteiger partial charge on any atom is 0.320 e. The fraction of sp³-hybridized carbons (Fsp3) is 0.200. The van der Waals surface area contributed by atoms with E-state index in [2.05, 4.69) is 36.1 Å². The van der Waals surface area contributed by atoms with Crippen LogP contribution in [0.15, 0.2) is 15.8 Å². The predicted octanol–water partition coefficient (Wildman–Crippen LogP) is 1.88. The van der Waals surface area contributed by atoms with Crippen molar-refractivity contribution in [2.24, 2.45) is 7.05 Å². The number of hydrogen-bond donors (Lipinski definition) is 0. The molecule has 0 aliphatic carbocycles. The fourth-order valence-corrected chi connectivity index (χ4v) is 3.33. The Morgan fingerprint density at radius 1 is 1.30 bits per heavy atom. The van der Waals surface area contributed by atoms with Crippen molar-refractivity contribution in [2.75, 3.05) is 7.11 Å². The summed E-state index contributed by atoms with van der Waals surface area (Å²) in [5.74, 6) is 0. The van der Waals surface area contributed by atoms with Gasteiger partial charge < -0.3 is 4.74 Å². The summed E-state index contributed by atoms with van der Waals surface area (Å²) >= 11 is 9.55. The number of rotatable bonds is 3. The van der Waals surface area contributed by atoms with Crippen molar-refractivity contribution in [2.45, 2.75) is 5.16 Å². The van der Waals surface area contributed by atoms with Gasteiger partial charge in [-0.25, -0.2) is 8.42 Å². The van der Waals surface area contributed by atoms with E-state index in [1.54, 1.807) is 17.9 Å². The van der Waals surface area contributed by atoms with Crippen LogP contribution >= 0.6 is 38.2 Å². The molecule has 3 heterocycles. The van der Waals surface area contributed by atoms with Crippen LogP contribution in [0.4, 0.5) is 0 Å². The van der Waals surface area contributed by atoms with E-state index < -0.39 is 14.2 Å². The molecule has 0 saturated heterocycles. The van der Waals surface area contributed by atoms with Gasteiger partial charge in [0.1, 0.15) is 10.8 Å². The number of halogens is 3. The van der Waals surface area contributed by atoms with Gasteiger partial charge in [0.2, 0.25) is 0 Å². The quantitative estimate of drug-likeness (QED) is 0.451. The van der Waals surface area contributed by atoms with Gasteiger partial charge in [-0.3, -0.25) is 4.68 Å². The lowest BCUT2D eigenvalue weighted by Gasteiger charge is -2.06. The molecule has 0 atom stereocenters. The first-order valence-corrected chi connectivity index (χ1v) is 9.35. The molecule has 0 radical (unpaired) electrons. The Labute approximate surface area is 147 Å². The Hall–Kier alpha value is -1.43. The van der Waals surface area contributed by atoms with Crippen LogP contribution in [0.1, 0.15) is 0 Å². The highest BCUT2D eigenvalue weighted by Crippen LogP contribution is 2.35. The largest absolute Gasteiger partial charge is 0.467 e.